The number of nitrogens with zero attached hydrogens (tertiary/aromatic N) is 1. The number of ketones is 1. The van der Waals surface area contributed by atoms with E-state index >= 15 is 0 Å². The Kier molecular flexibility index (Phi) is 3.98. The summed E-state index contributed by atoms with van der Waals surface area (Å²) in [6.07, 6.45) is 1.05. The lowest BCUT2D eigenvalue weighted by molar-refractivity contribution is -0.135. The summed E-state index contributed by atoms with van der Waals surface area (Å²) >= 11 is 0. The number of carbonyl (C=O) groups is 2. The van der Waals surface area contributed by atoms with Crippen molar-refractivity contribution in [3.8, 4) is 0 Å². The highest BCUT2D eigenvalue weighted by Gasteiger charge is 2.42. The quantitative estimate of drug-likeness (QED) is 0.852. The van der Waals surface area contributed by atoms with Crippen molar-refractivity contribution in [2.24, 2.45) is 5.92 Å². The molecule has 7 nitrogen and oxygen atoms in total. The predicted molar refractivity (Wildman–Crippen MR) is 94.3 cm³/mol. The summed E-state index contributed by atoms with van der Waals surface area (Å²) in [5, 5.41) is 2.78. The molecule has 2 fully saturated rings. The zero-order chi connectivity index (χ0) is 18.7. The predicted octanol–water partition coefficient (Wildman–Crippen LogP) is 1.28. The van der Waals surface area contributed by atoms with Crippen LogP contribution in [-0.2, 0) is 29.8 Å². The molecule has 1 unspecified atom stereocenters. The minimum atomic E-state index is -3.76. The number of rotatable bonds is 4. The third-order valence-corrected chi connectivity index (χ3v) is 7.31. The van der Waals surface area contributed by atoms with Gasteiger partial charge in [0.05, 0.1) is 16.9 Å². The number of anilines is 1. The molecule has 26 heavy (non-hydrogen) atoms. The van der Waals surface area contributed by atoms with Crippen molar-refractivity contribution in [2.75, 3.05) is 25.0 Å². The average molecular weight is 378 g/mol. The highest BCUT2D eigenvalue weighted by Crippen LogP contribution is 2.39. The second-order valence-electron chi connectivity index (χ2n) is 7.69. The first kappa shape index (κ1) is 17.6. The molecular weight excluding hydrogens is 356 g/mol. The third kappa shape index (κ3) is 2.76. The number of carbonyl (C=O) groups excluding carboxylic acids is 2. The number of ether oxygens (including phenoxy) is 1. The van der Waals surface area contributed by atoms with Crippen LogP contribution in [-0.4, -0.2) is 50.2 Å². The van der Waals surface area contributed by atoms with Crippen LogP contribution in [0.3, 0.4) is 0 Å². The van der Waals surface area contributed by atoms with Crippen molar-refractivity contribution < 1.29 is 22.7 Å². The Bertz CT molecular complexity index is 889. The first-order valence-electron chi connectivity index (χ1n) is 8.83. The molecule has 1 aromatic carbocycles. The molecule has 1 aliphatic carbocycles. The molecule has 8 heteroatoms. The van der Waals surface area contributed by atoms with Crippen molar-refractivity contribution in [1.82, 2.24) is 4.31 Å². The highest BCUT2D eigenvalue weighted by molar-refractivity contribution is 7.89. The fourth-order valence-electron chi connectivity index (χ4n) is 3.51. The lowest BCUT2D eigenvalue weighted by atomic mass is 9.86. The van der Waals surface area contributed by atoms with E-state index in [-0.39, 0.29) is 42.2 Å². The van der Waals surface area contributed by atoms with Crippen LogP contribution in [0.2, 0.25) is 0 Å². The summed E-state index contributed by atoms with van der Waals surface area (Å²) in [5.74, 6) is -0.112. The zero-order valence-corrected chi connectivity index (χ0v) is 15.6. The van der Waals surface area contributed by atoms with Crippen LogP contribution < -0.4 is 5.32 Å². The Balaban J connectivity index is 1.62. The minimum absolute atomic E-state index is 0.00906. The summed E-state index contributed by atoms with van der Waals surface area (Å²) < 4.78 is 33.0. The van der Waals surface area contributed by atoms with Gasteiger partial charge < -0.3 is 10.1 Å². The summed E-state index contributed by atoms with van der Waals surface area (Å²) in [4.78, 5) is 24.5. The van der Waals surface area contributed by atoms with Crippen LogP contribution >= 0.6 is 0 Å². The number of sulfonamides is 1. The van der Waals surface area contributed by atoms with Gasteiger partial charge in [-0.3, -0.25) is 9.59 Å². The van der Waals surface area contributed by atoms with E-state index in [1.54, 1.807) is 26.0 Å². The summed E-state index contributed by atoms with van der Waals surface area (Å²) in [5.41, 5.74) is 0.529. The fraction of sp³-hybridized carbons (Fsp3) is 0.556. The van der Waals surface area contributed by atoms with Crippen LogP contribution in [0.4, 0.5) is 5.69 Å². The smallest absolute Gasteiger partial charge is 0.243 e. The molecule has 0 bridgehead atoms. The molecule has 4 rings (SSSR count). The van der Waals surface area contributed by atoms with Crippen LogP contribution in [0.15, 0.2) is 23.1 Å². The second-order valence-corrected chi connectivity index (χ2v) is 9.62. The number of hydrogen-bond donors (Lipinski definition) is 1. The maximum Gasteiger partial charge on any atom is 0.243 e. The number of hydrogen-bond acceptors (Lipinski definition) is 5. The SMILES string of the molecule is CC1(C)C(=O)Nc2ccc(S(=O)(=O)N3CCOC(C(=O)C4CC4)C3)cc21. The largest absolute Gasteiger partial charge is 0.368 e. The maximum atomic E-state index is 13.1. The van der Waals surface area contributed by atoms with Gasteiger partial charge in [-0.05, 0) is 50.5 Å². The normalized spacial score (nSPS) is 25.6. The van der Waals surface area contributed by atoms with Gasteiger partial charge in [0.15, 0.2) is 5.78 Å². The first-order chi connectivity index (χ1) is 12.2. The van der Waals surface area contributed by atoms with Crippen molar-refractivity contribution >= 4 is 27.4 Å². The summed E-state index contributed by atoms with van der Waals surface area (Å²) in [6, 6.07) is 4.70. The van der Waals surface area contributed by atoms with Gasteiger partial charge in [0.25, 0.3) is 0 Å². The molecule has 1 saturated heterocycles. The molecule has 0 aromatic heterocycles. The number of benzene rings is 1. The molecular formula is C18H22N2O5S. The molecule has 1 amide bonds. The van der Waals surface area contributed by atoms with Gasteiger partial charge in [0.2, 0.25) is 15.9 Å². The van der Waals surface area contributed by atoms with Gasteiger partial charge in [0, 0.05) is 24.7 Å². The number of nitrogens with one attached hydrogen (secondary N) is 1. The van der Waals surface area contributed by atoms with E-state index in [1.807, 2.05) is 0 Å². The third-order valence-electron chi connectivity index (χ3n) is 5.44. The molecule has 0 spiro atoms. The zero-order valence-electron chi connectivity index (χ0n) is 14.8. The van der Waals surface area contributed by atoms with Crippen molar-refractivity contribution in [3.05, 3.63) is 23.8 Å². The Labute approximate surface area is 152 Å². The molecule has 1 N–H and O–H groups in total. The summed E-state index contributed by atoms with van der Waals surface area (Å²) in [7, 11) is -3.76. The van der Waals surface area contributed by atoms with Gasteiger partial charge in [-0.25, -0.2) is 8.42 Å². The number of Topliss-reactive ketones (excluding diaryl/α,β-unsaturated/α-hetero) is 1. The maximum absolute atomic E-state index is 13.1. The van der Waals surface area contributed by atoms with Crippen molar-refractivity contribution in [3.63, 3.8) is 0 Å². The van der Waals surface area contributed by atoms with Crippen LogP contribution in [0.1, 0.15) is 32.3 Å². The van der Waals surface area contributed by atoms with E-state index in [2.05, 4.69) is 5.32 Å². The first-order valence-corrected chi connectivity index (χ1v) is 10.3. The minimum Gasteiger partial charge on any atom is -0.368 e. The monoisotopic (exact) mass is 378 g/mol. The molecule has 3 aliphatic rings. The number of amides is 1. The standard InChI is InChI=1S/C18H22N2O5S/c1-18(2)13-9-12(5-6-14(13)19-17(18)22)26(23,24)20-7-8-25-15(10-20)16(21)11-3-4-11/h5-6,9,11,15H,3-4,7-8,10H2,1-2H3,(H,19,22). The van der Waals surface area contributed by atoms with Crippen molar-refractivity contribution in [2.45, 2.75) is 43.1 Å². The van der Waals surface area contributed by atoms with E-state index in [0.717, 1.165) is 12.8 Å². The lowest BCUT2D eigenvalue weighted by Gasteiger charge is -2.31. The van der Waals surface area contributed by atoms with E-state index in [9.17, 15) is 18.0 Å². The molecule has 2 aliphatic heterocycles. The summed E-state index contributed by atoms with van der Waals surface area (Å²) in [6.45, 7) is 4.01. The topological polar surface area (TPSA) is 92.8 Å². The Hall–Kier alpha value is -1.77. The van der Waals surface area contributed by atoms with E-state index in [0.29, 0.717) is 11.3 Å². The molecule has 1 atom stereocenters. The second kappa shape index (κ2) is 5.87. The van der Waals surface area contributed by atoms with Crippen LogP contribution in [0.25, 0.3) is 0 Å². The van der Waals surface area contributed by atoms with E-state index in [4.69, 9.17) is 4.74 Å². The van der Waals surface area contributed by atoms with Gasteiger partial charge in [-0.2, -0.15) is 4.31 Å². The van der Waals surface area contributed by atoms with Crippen molar-refractivity contribution in [1.29, 1.82) is 0 Å². The molecule has 1 aromatic rings. The van der Waals surface area contributed by atoms with Gasteiger partial charge in [-0.1, -0.05) is 0 Å². The Morgan fingerprint density at radius 2 is 2.04 bits per heavy atom. The average Bonchev–Trinajstić information content (AvgIpc) is 3.43. The molecule has 1 saturated carbocycles. The van der Waals surface area contributed by atoms with Crippen LogP contribution in [0, 0.1) is 5.92 Å². The van der Waals surface area contributed by atoms with Crippen LogP contribution in [0.5, 0.6) is 0 Å². The molecule has 140 valence electrons. The van der Waals surface area contributed by atoms with Gasteiger partial charge >= 0.3 is 0 Å². The van der Waals surface area contributed by atoms with E-state index in [1.165, 1.54) is 10.4 Å². The molecule has 2 heterocycles. The highest BCUT2D eigenvalue weighted by atomic mass is 32.2. The molecule has 0 radical (unpaired) electrons. The lowest BCUT2D eigenvalue weighted by Crippen LogP contribution is -2.48. The fourth-order valence-corrected chi connectivity index (χ4v) is 4.96. The number of morpholine rings is 1. The number of fused-ring (bicyclic) bond motifs is 1. The van der Waals surface area contributed by atoms with Gasteiger partial charge in [0.1, 0.15) is 6.10 Å². The van der Waals surface area contributed by atoms with E-state index < -0.39 is 21.5 Å². The Morgan fingerprint density at radius 1 is 1.31 bits per heavy atom. The Morgan fingerprint density at radius 3 is 2.73 bits per heavy atom. The van der Waals surface area contributed by atoms with Gasteiger partial charge in [-0.15, -0.1) is 0 Å².